The number of alkyl halides is 3. The minimum atomic E-state index is -2.01. The van der Waals surface area contributed by atoms with E-state index in [0.717, 1.165) is 32.9 Å². The van der Waals surface area contributed by atoms with Crippen LogP contribution in [0.2, 0.25) is 0 Å². The third-order valence-electron chi connectivity index (χ3n) is 6.56. The van der Waals surface area contributed by atoms with Gasteiger partial charge in [-0.15, -0.1) is 11.8 Å². The topological polar surface area (TPSA) is 77.0 Å². The zero-order valence-electron chi connectivity index (χ0n) is 21.5. The summed E-state index contributed by atoms with van der Waals surface area (Å²) in [6, 6.07) is 23.3. The van der Waals surface area contributed by atoms with E-state index in [2.05, 4.69) is 12.2 Å². The van der Waals surface area contributed by atoms with Gasteiger partial charge in [-0.05, 0) is 28.8 Å². The molecule has 1 fully saturated rings. The molecule has 0 aliphatic carbocycles. The average Bonchev–Trinajstić information content (AvgIpc) is 2.95. The van der Waals surface area contributed by atoms with Crippen LogP contribution in [0.4, 0.5) is 0 Å². The highest BCUT2D eigenvalue weighted by atomic mass is 35.6. The van der Waals surface area contributed by atoms with E-state index in [1.807, 2.05) is 72.8 Å². The van der Waals surface area contributed by atoms with Gasteiger partial charge in [-0.2, -0.15) is 0 Å². The zero-order chi connectivity index (χ0) is 28.0. The van der Waals surface area contributed by atoms with Crippen LogP contribution in [-0.4, -0.2) is 33.8 Å². The van der Waals surface area contributed by atoms with Gasteiger partial charge in [0.2, 0.25) is 0 Å². The van der Waals surface area contributed by atoms with E-state index in [-0.39, 0.29) is 31.3 Å². The molecule has 6 nitrogen and oxygen atoms in total. The van der Waals surface area contributed by atoms with Crippen LogP contribution in [0.5, 0.6) is 5.75 Å². The smallest absolute Gasteiger partial charge is 0.272 e. The lowest BCUT2D eigenvalue weighted by molar-refractivity contribution is -0.268. The minimum Gasteiger partial charge on any atom is -0.496 e. The number of thioether (sulfide) groups is 1. The molecule has 1 aliphatic rings. The van der Waals surface area contributed by atoms with Crippen molar-refractivity contribution in [2.45, 2.75) is 47.3 Å². The lowest BCUT2D eigenvalue weighted by Crippen LogP contribution is -2.38. The molecular weight excluding hydrogens is 581 g/mol. The summed E-state index contributed by atoms with van der Waals surface area (Å²) >= 11 is 18.6. The summed E-state index contributed by atoms with van der Waals surface area (Å²) in [6.07, 6.45) is -0.941. The van der Waals surface area contributed by atoms with E-state index in [9.17, 15) is 9.90 Å². The number of halogens is 3. The van der Waals surface area contributed by atoms with Gasteiger partial charge in [-0.25, -0.2) is 0 Å². The molecule has 0 bridgehead atoms. The predicted molar refractivity (Wildman–Crippen MR) is 155 cm³/mol. The van der Waals surface area contributed by atoms with Gasteiger partial charge >= 0.3 is 0 Å². The monoisotopic (exact) mass is 609 g/mol. The Morgan fingerprint density at radius 1 is 0.974 bits per heavy atom. The molecule has 3 aromatic carbocycles. The third kappa shape index (κ3) is 7.82. The molecule has 0 aromatic heterocycles. The molecule has 208 valence electrons. The lowest BCUT2D eigenvalue weighted by atomic mass is 9.91. The highest BCUT2D eigenvalue weighted by Gasteiger charge is 2.38. The number of carbonyl (C=O) groups is 1. The van der Waals surface area contributed by atoms with Gasteiger partial charge in [-0.1, -0.05) is 102 Å². The Hall–Kier alpha value is -1.97. The minimum absolute atomic E-state index is 0.0142. The third-order valence-corrected chi connectivity index (χ3v) is 8.22. The van der Waals surface area contributed by atoms with Crippen molar-refractivity contribution < 1.29 is 24.1 Å². The van der Waals surface area contributed by atoms with E-state index in [1.54, 1.807) is 18.9 Å². The van der Waals surface area contributed by atoms with Crippen molar-refractivity contribution in [3.63, 3.8) is 0 Å². The molecular formula is C29H30Cl3NO5S. The predicted octanol–water partition coefficient (Wildman–Crippen LogP) is 6.76. The van der Waals surface area contributed by atoms with Crippen LogP contribution >= 0.6 is 46.6 Å². The largest absolute Gasteiger partial charge is 0.496 e. The summed E-state index contributed by atoms with van der Waals surface area (Å²) in [4.78, 5) is 12.9. The molecule has 1 heterocycles. The highest BCUT2D eigenvalue weighted by molar-refractivity contribution is 7.99. The molecule has 2 N–H and O–H groups in total. The number of hydrogen-bond acceptors (Lipinski definition) is 6. The van der Waals surface area contributed by atoms with Gasteiger partial charge in [0.15, 0.2) is 6.29 Å². The second-order valence-electron chi connectivity index (χ2n) is 9.21. The standard InChI is InChI=1S/C29H30Cl3NO5S/c1-18-24(17-39-25-6-4-3-5-23(25)36-2)37-27(38-26(18)21-11-9-20(16-34)10-12-21)22-13-7-19(8-14-22)15-33-28(35)29(30,31)32/h3-14,18,24,26-27,34H,15-17H2,1-2H3,(H,33,35)/t18-,24+,26+,27+/m1/s1. The quantitative estimate of drug-likeness (QED) is 0.206. The van der Waals surface area contributed by atoms with Crippen molar-refractivity contribution in [1.82, 2.24) is 5.32 Å². The molecule has 0 spiro atoms. The Morgan fingerprint density at radius 2 is 1.62 bits per heavy atom. The molecule has 4 rings (SSSR count). The number of nitrogens with one attached hydrogen (secondary N) is 1. The first kappa shape index (κ1) is 30.0. The SMILES string of the molecule is COc1ccccc1SC[C@@H]1O[C@H](c2ccc(CNC(=O)C(Cl)(Cl)Cl)cc2)O[C@H](c2ccc(CO)cc2)[C@@H]1C. The first-order chi connectivity index (χ1) is 18.7. The number of amides is 1. The Morgan fingerprint density at radius 3 is 2.26 bits per heavy atom. The summed E-state index contributed by atoms with van der Waals surface area (Å²) in [6.45, 7) is 2.33. The molecule has 10 heteroatoms. The number of carbonyl (C=O) groups excluding carboxylic acids is 1. The Kier molecular flexibility index (Phi) is 10.5. The molecule has 0 radical (unpaired) electrons. The number of methoxy groups -OCH3 is 1. The maximum absolute atomic E-state index is 11.9. The Labute approximate surface area is 247 Å². The Bertz CT molecular complexity index is 1240. The number of ether oxygens (including phenoxy) is 3. The summed E-state index contributed by atoms with van der Waals surface area (Å²) in [5.74, 6) is 0.899. The van der Waals surface area contributed by atoms with Gasteiger partial charge < -0.3 is 24.6 Å². The summed E-state index contributed by atoms with van der Waals surface area (Å²) in [7, 11) is 1.67. The lowest BCUT2D eigenvalue weighted by Gasteiger charge is -2.41. The maximum atomic E-state index is 11.9. The first-order valence-corrected chi connectivity index (χ1v) is 14.5. The number of aliphatic hydroxyl groups is 1. The number of para-hydroxylation sites is 1. The second kappa shape index (κ2) is 13.6. The van der Waals surface area contributed by atoms with E-state index >= 15 is 0 Å². The number of hydrogen-bond donors (Lipinski definition) is 2. The van der Waals surface area contributed by atoms with E-state index in [4.69, 9.17) is 49.0 Å². The van der Waals surface area contributed by atoms with Crippen LogP contribution in [0.25, 0.3) is 0 Å². The normalized spacial score (nSPS) is 21.4. The molecule has 1 saturated heterocycles. The van der Waals surface area contributed by atoms with E-state index in [0.29, 0.717) is 5.75 Å². The molecule has 39 heavy (non-hydrogen) atoms. The number of benzene rings is 3. The zero-order valence-corrected chi connectivity index (χ0v) is 24.6. The van der Waals surface area contributed by atoms with Crippen molar-refractivity contribution >= 4 is 52.5 Å². The number of rotatable bonds is 9. The molecule has 3 aromatic rings. The number of aliphatic hydroxyl groups excluding tert-OH is 1. The maximum Gasteiger partial charge on any atom is 0.272 e. The van der Waals surface area contributed by atoms with Gasteiger partial charge in [0, 0.05) is 28.7 Å². The van der Waals surface area contributed by atoms with Crippen LogP contribution < -0.4 is 10.1 Å². The van der Waals surface area contributed by atoms with E-state index in [1.165, 1.54) is 0 Å². The molecule has 0 unspecified atom stereocenters. The van der Waals surface area contributed by atoms with Gasteiger partial charge in [0.25, 0.3) is 9.70 Å². The van der Waals surface area contributed by atoms with Crippen molar-refractivity contribution in [3.8, 4) is 5.75 Å². The van der Waals surface area contributed by atoms with Crippen molar-refractivity contribution in [3.05, 3.63) is 95.1 Å². The summed E-state index contributed by atoms with van der Waals surface area (Å²) in [5, 5.41) is 12.1. The molecule has 0 saturated carbocycles. The molecule has 4 atom stereocenters. The van der Waals surface area contributed by atoms with Gasteiger partial charge in [-0.3, -0.25) is 4.79 Å². The van der Waals surface area contributed by atoms with Crippen LogP contribution in [0.3, 0.4) is 0 Å². The molecule has 1 aliphatic heterocycles. The van der Waals surface area contributed by atoms with Crippen LogP contribution in [-0.2, 0) is 27.4 Å². The summed E-state index contributed by atoms with van der Waals surface area (Å²) in [5.41, 5.74) is 3.55. The van der Waals surface area contributed by atoms with Crippen molar-refractivity contribution in [2.75, 3.05) is 12.9 Å². The van der Waals surface area contributed by atoms with E-state index < -0.39 is 16.0 Å². The first-order valence-electron chi connectivity index (χ1n) is 12.4. The van der Waals surface area contributed by atoms with Crippen LogP contribution in [0, 0.1) is 5.92 Å². The van der Waals surface area contributed by atoms with Crippen molar-refractivity contribution in [2.24, 2.45) is 5.92 Å². The van der Waals surface area contributed by atoms with Crippen molar-refractivity contribution in [1.29, 1.82) is 0 Å². The molecule has 1 amide bonds. The second-order valence-corrected chi connectivity index (χ2v) is 12.5. The Balaban J connectivity index is 1.53. The fraction of sp³-hybridized carbons (Fsp3) is 0.345. The van der Waals surface area contributed by atoms with Gasteiger partial charge in [0.05, 0.1) is 25.9 Å². The van der Waals surface area contributed by atoms with Gasteiger partial charge in [0.1, 0.15) is 5.75 Å². The fourth-order valence-electron chi connectivity index (χ4n) is 4.29. The average molecular weight is 611 g/mol. The summed E-state index contributed by atoms with van der Waals surface area (Å²) < 4.78 is 16.5. The fourth-order valence-corrected chi connectivity index (χ4v) is 5.69. The van der Waals surface area contributed by atoms with Crippen LogP contribution in [0.15, 0.2) is 77.7 Å². The highest BCUT2D eigenvalue weighted by Crippen LogP contribution is 2.43. The van der Waals surface area contributed by atoms with Crippen LogP contribution in [0.1, 0.15) is 41.6 Å².